The third kappa shape index (κ3) is 5.10. The summed E-state index contributed by atoms with van der Waals surface area (Å²) in [6.07, 6.45) is 0. The van der Waals surface area contributed by atoms with Gasteiger partial charge in [0.1, 0.15) is 6.04 Å². The van der Waals surface area contributed by atoms with Gasteiger partial charge in [0.25, 0.3) is 5.91 Å². The predicted octanol–water partition coefficient (Wildman–Crippen LogP) is 3.19. The molecule has 1 atom stereocenters. The van der Waals surface area contributed by atoms with Crippen LogP contribution in [0.5, 0.6) is 0 Å². The number of rotatable bonds is 6. The number of piperazine rings is 1. The summed E-state index contributed by atoms with van der Waals surface area (Å²) in [6, 6.07) is 15.2. The third-order valence-corrected chi connectivity index (χ3v) is 8.15. The quantitative estimate of drug-likeness (QED) is 0.581. The van der Waals surface area contributed by atoms with Gasteiger partial charge >= 0.3 is 0 Å². The van der Waals surface area contributed by atoms with E-state index in [1.54, 1.807) is 34.1 Å². The molecule has 1 aromatic heterocycles. The summed E-state index contributed by atoms with van der Waals surface area (Å²) in [5, 5.41) is 3.63. The summed E-state index contributed by atoms with van der Waals surface area (Å²) in [6.45, 7) is 5.23. The first-order chi connectivity index (χ1) is 15.8. The van der Waals surface area contributed by atoms with Crippen LogP contribution in [0.15, 0.2) is 64.9 Å². The Labute approximate surface area is 198 Å². The van der Waals surface area contributed by atoms with Gasteiger partial charge in [-0.25, -0.2) is 8.42 Å². The number of sulfonamides is 1. The molecule has 2 amide bonds. The molecular weight excluding hydrogens is 458 g/mol. The lowest BCUT2D eigenvalue weighted by atomic mass is 10.0. The maximum absolute atomic E-state index is 13.3. The van der Waals surface area contributed by atoms with Crippen LogP contribution in [0.2, 0.25) is 0 Å². The van der Waals surface area contributed by atoms with Crippen molar-refractivity contribution in [3.63, 3.8) is 0 Å². The van der Waals surface area contributed by atoms with Crippen LogP contribution >= 0.6 is 11.3 Å². The highest BCUT2D eigenvalue weighted by Gasteiger charge is 2.34. The maximum Gasteiger partial charge on any atom is 0.264 e. The van der Waals surface area contributed by atoms with Crippen LogP contribution in [-0.2, 0) is 14.8 Å². The number of carbonyl (C=O) groups is 2. The van der Waals surface area contributed by atoms with Crippen LogP contribution in [-0.4, -0.2) is 62.3 Å². The second-order valence-electron chi connectivity index (χ2n) is 8.45. The molecule has 0 saturated carbocycles. The van der Waals surface area contributed by atoms with Gasteiger partial charge in [-0.3, -0.25) is 9.59 Å². The minimum Gasteiger partial charge on any atom is -0.338 e. The number of carbonyl (C=O) groups excluding carboxylic acids is 2. The fourth-order valence-electron chi connectivity index (χ4n) is 3.92. The molecule has 0 radical (unpaired) electrons. The van der Waals surface area contributed by atoms with Gasteiger partial charge in [-0.15, -0.1) is 11.3 Å². The molecule has 1 aliphatic heterocycles. The number of hydrogen-bond acceptors (Lipinski definition) is 5. The lowest BCUT2D eigenvalue weighted by Gasteiger charge is -2.37. The van der Waals surface area contributed by atoms with Gasteiger partial charge in [0, 0.05) is 26.2 Å². The van der Waals surface area contributed by atoms with Crippen molar-refractivity contribution in [1.82, 2.24) is 14.5 Å². The highest BCUT2D eigenvalue weighted by atomic mass is 32.2. The Balaban J connectivity index is 1.45. The van der Waals surface area contributed by atoms with E-state index in [1.807, 2.05) is 49.6 Å². The van der Waals surface area contributed by atoms with Gasteiger partial charge in [-0.1, -0.05) is 50.2 Å². The van der Waals surface area contributed by atoms with Gasteiger partial charge in [-0.05, 0) is 40.3 Å². The van der Waals surface area contributed by atoms with Crippen LogP contribution in [0.1, 0.15) is 23.5 Å². The van der Waals surface area contributed by atoms with Crippen LogP contribution < -0.4 is 4.72 Å². The molecule has 1 fully saturated rings. The first-order valence-corrected chi connectivity index (χ1v) is 13.3. The van der Waals surface area contributed by atoms with Crippen molar-refractivity contribution in [2.24, 2.45) is 5.92 Å². The highest BCUT2D eigenvalue weighted by molar-refractivity contribution is 7.89. The zero-order valence-electron chi connectivity index (χ0n) is 18.6. The summed E-state index contributed by atoms with van der Waals surface area (Å²) in [4.78, 5) is 30.0. The monoisotopic (exact) mass is 485 g/mol. The van der Waals surface area contributed by atoms with E-state index < -0.39 is 16.1 Å². The molecule has 7 nitrogen and oxygen atoms in total. The molecule has 0 spiro atoms. The molecule has 3 aromatic rings. The summed E-state index contributed by atoms with van der Waals surface area (Å²) >= 11 is 1.40. The Morgan fingerprint density at radius 3 is 2.21 bits per heavy atom. The fraction of sp³-hybridized carbons (Fsp3) is 0.333. The van der Waals surface area contributed by atoms with Crippen molar-refractivity contribution in [1.29, 1.82) is 0 Å². The molecule has 33 heavy (non-hydrogen) atoms. The number of hydrogen-bond donors (Lipinski definition) is 1. The summed E-state index contributed by atoms with van der Waals surface area (Å²) < 4.78 is 28.9. The second-order valence-corrected chi connectivity index (χ2v) is 11.1. The molecule has 1 aliphatic rings. The van der Waals surface area contributed by atoms with Crippen molar-refractivity contribution >= 4 is 43.9 Å². The number of nitrogens with one attached hydrogen (secondary N) is 1. The van der Waals surface area contributed by atoms with Gasteiger partial charge < -0.3 is 9.80 Å². The number of thiophene rings is 1. The van der Waals surface area contributed by atoms with Gasteiger partial charge in [0.2, 0.25) is 15.9 Å². The van der Waals surface area contributed by atoms with E-state index in [9.17, 15) is 18.0 Å². The lowest BCUT2D eigenvalue weighted by molar-refractivity contribution is -0.135. The van der Waals surface area contributed by atoms with E-state index in [0.717, 1.165) is 10.8 Å². The Hall–Kier alpha value is -2.75. The van der Waals surface area contributed by atoms with Crippen molar-refractivity contribution in [3.8, 4) is 0 Å². The summed E-state index contributed by atoms with van der Waals surface area (Å²) in [7, 11) is -3.89. The van der Waals surface area contributed by atoms with E-state index in [4.69, 9.17) is 0 Å². The molecule has 9 heteroatoms. The SMILES string of the molecule is CC(C)C(NS(=O)(=O)c1ccc2ccccc2c1)C(=O)N1CCN(C(=O)c2cccs2)CC1. The maximum atomic E-state index is 13.3. The number of fused-ring (bicyclic) bond motifs is 1. The highest BCUT2D eigenvalue weighted by Crippen LogP contribution is 2.21. The minimum atomic E-state index is -3.89. The second kappa shape index (κ2) is 9.62. The van der Waals surface area contributed by atoms with Crippen LogP contribution in [0, 0.1) is 5.92 Å². The van der Waals surface area contributed by atoms with E-state index in [0.29, 0.717) is 31.1 Å². The number of nitrogens with zero attached hydrogens (tertiary/aromatic N) is 2. The Morgan fingerprint density at radius 1 is 0.909 bits per heavy atom. The topological polar surface area (TPSA) is 86.8 Å². The van der Waals surface area contributed by atoms with Gasteiger partial charge in [-0.2, -0.15) is 4.72 Å². The first kappa shape index (κ1) is 23.4. The molecule has 1 saturated heterocycles. The van der Waals surface area contributed by atoms with E-state index >= 15 is 0 Å². The van der Waals surface area contributed by atoms with Crippen molar-refractivity contribution in [3.05, 3.63) is 64.9 Å². The molecular formula is C24H27N3O4S2. The van der Waals surface area contributed by atoms with Crippen molar-refractivity contribution in [2.75, 3.05) is 26.2 Å². The van der Waals surface area contributed by atoms with E-state index in [2.05, 4.69) is 4.72 Å². The zero-order valence-corrected chi connectivity index (χ0v) is 20.2. The van der Waals surface area contributed by atoms with Gasteiger partial charge in [0.05, 0.1) is 9.77 Å². The summed E-state index contributed by atoms with van der Waals surface area (Å²) in [5.41, 5.74) is 0. The molecule has 174 valence electrons. The largest absolute Gasteiger partial charge is 0.338 e. The van der Waals surface area contributed by atoms with Crippen molar-refractivity contribution < 1.29 is 18.0 Å². The Bertz CT molecular complexity index is 1250. The average molecular weight is 486 g/mol. The Kier molecular flexibility index (Phi) is 6.83. The standard InChI is InChI=1S/C24H27N3O4S2/c1-17(2)22(25-33(30,31)20-10-9-18-6-3-4-7-19(18)16-20)24(29)27-13-11-26(12-14-27)23(28)21-8-5-15-32-21/h3-10,15-17,22,25H,11-14H2,1-2H3. The van der Waals surface area contributed by atoms with Crippen molar-refractivity contribution in [2.45, 2.75) is 24.8 Å². The number of amides is 2. The van der Waals surface area contributed by atoms with E-state index in [-0.39, 0.29) is 22.6 Å². The normalized spacial score (nSPS) is 15.7. The smallest absolute Gasteiger partial charge is 0.264 e. The molecule has 1 N–H and O–H groups in total. The third-order valence-electron chi connectivity index (χ3n) is 5.86. The molecule has 1 unspecified atom stereocenters. The lowest BCUT2D eigenvalue weighted by Crippen LogP contribution is -2.57. The van der Waals surface area contributed by atoms with Gasteiger partial charge in [0.15, 0.2) is 0 Å². The Morgan fingerprint density at radius 2 is 1.58 bits per heavy atom. The summed E-state index contributed by atoms with van der Waals surface area (Å²) in [5.74, 6) is -0.536. The zero-order chi connectivity index (χ0) is 23.6. The minimum absolute atomic E-state index is 0.0329. The first-order valence-electron chi connectivity index (χ1n) is 10.9. The van der Waals surface area contributed by atoms with Crippen LogP contribution in [0.3, 0.4) is 0 Å². The molecule has 4 rings (SSSR count). The molecule has 2 aromatic carbocycles. The predicted molar refractivity (Wildman–Crippen MR) is 130 cm³/mol. The van der Waals surface area contributed by atoms with E-state index in [1.165, 1.54) is 11.3 Å². The van der Waals surface area contributed by atoms with Crippen LogP contribution in [0.25, 0.3) is 10.8 Å². The molecule has 0 bridgehead atoms. The fourth-order valence-corrected chi connectivity index (χ4v) is 5.99. The number of benzene rings is 2. The molecule has 2 heterocycles. The van der Waals surface area contributed by atoms with Crippen LogP contribution in [0.4, 0.5) is 0 Å². The molecule has 0 aliphatic carbocycles. The average Bonchev–Trinajstić information content (AvgIpc) is 3.36.